The Hall–Kier alpha value is -0.750. The van der Waals surface area contributed by atoms with Crippen molar-refractivity contribution in [3.8, 4) is 0 Å². The molecule has 0 saturated carbocycles. The SMILES string of the molecule is CCCNC(C)C(C)Sc1ccc(C(F)(F)F)cn1. The van der Waals surface area contributed by atoms with Crippen molar-refractivity contribution in [2.24, 2.45) is 0 Å². The monoisotopic (exact) mass is 292 g/mol. The van der Waals surface area contributed by atoms with Crippen LogP contribution >= 0.6 is 11.8 Å². The largest absolute Gasteiger partial charge is 0.417 e. The first kappa shape index (κ1) is 16.3. The maximum atomic E-state index is 12.4. The standard InChI is InChI=1S/C13H19F3N2S/c1-4-7-17-9(2)10(3)19-12-6-5-11(8-18-12)13(14,15)16/h5-6,8-10,17H,4,7H2,1-3H3. The van der Waals surface area contributed by atoms with Crippen molar-refractivity contribution in [3.63, 3.8) is 0 Å². The average molecular weight is 292 g/mol. The predicted molar refractivity (Wildman–Crippen MR) is 72.3 cm³/mol. The Morgan fingerprint density at radius 3 is 2.47 bits per heavy atom. The van der Waals surface area contributed by atoms with E-state index >= 15 is 0 Å². The van der Waals surface area contributed by atoms with E-state index in [1.807, 2.05) is 6.92 Å². The molecule has 1 aromatic heterocycles. The molecule has 0 bridgehead atoms. The third-order valence-electron chi connectivity index (χ3n) is 2.79. The maximum absolute atomic E-state index is 12.4. The number of rotatable bonds is 6. The molecule has 0 radical (unpaired) electrons. The van der Waals surface area contributed by atoms with E-state index < -0.39 is 11.7 Å². The molecular formula is C13H19F3N2S. The number of aromatic nitrogens is 1. The van der Waals surface area contributed by atoms with Gasteiger partial charge in [-0.3, -0.25) is 0 Å². The Morgan fingerprint density at radius 2 is 2.00 bits per heavy atom. The Bertz CT molecular complexity index is 378. The number of hydrogen-bond acceptors (Lipinski definition) is 3. The minimum absolute atomic E-state index is 0.246. The minimum atomic E-state index is -4.32. The summed E-state index contributed by atoms with van der Waals surface area (Å²) in [5.74, 6) is 0. The first-order valence-corrected chi connectivity index (χ1v) is 7.15. The Balaban J connectivity index is 2.58. The number of hydrogen-bond donors (Lipinski definition) is 1. The fraction of sp³-hybridized carbons (Fsp3) is 0.615. The third kappa shape index (κ3) is 5.40. The highest BCUT2D eigenvalue weighted by Crippen LogP contribution is 2.30. The summed E-state index contributed by atoms with van der Waals surface area (Å²) in [6.07, 6.45) is -2.38. The summed E-state index contributed by atoms with van der Waals surface area (Å²) in [6.45, 7) is 7.14. The van der Waals surface area contributed by atoms with Gasteiger partial charge in [-0.05, 0) is 32.0 Å². The highest BCUT2D eigenvalue weighted by molar-refractivity contribution is 7.99. The molecule has 2 nitrogen and oxygen atoms in total. The highest BCUT2D eigenvalue weighted by atomic mass is 32.2. The number of pyridine rings is 1. The number of nitrogens with zero attached hydrogens (tertiary/aromatic N) is 1. The molecule has 1 aromatic rings. The van der Waals surface area contributed by atoms with E-state index in [4.69, 9.17) is 0 Å². The second kappa shape index (κ2) is 7.14. The lowest BCUT2D eigenvalue weighted by Gasteiger charge is -2.20. The van der Waals surface area contributed by atoms with Crippen LogP contribution in [0.5, 0.6) is 0 Å². The average Bonchev–Trinajstić information content (AvgIpc) is 2.35. The zero-order valence-electron chi connectivity index (χ0n) is 11.3. The molecule has 0 aliphatic heterocycles. The molecule has 0 spiro atoms. The summed E-state index contributed by atoms with van der Waals surface area (Å²) >= 11 is 1.48. The number of thioether (sulfide) groups is 1. The van der Waals surface area contributed by atoms with Gasteiger partial charge in [-0.1, -0.05) is 13.8 Å². The quantitative estimate of drug-likeness (QED) is 0.803. The lowest BCUT2D eigenvalue weighted by molar-refractivity contribution is -0.137. The Kier molecular flexibility index (Phi) is 6.13. The van der Waals surface area contributed by atoms with Crippen LogP contribution in [0, 0.1) is 0 Å². The summed E-state index contributed by atoms with van der Waals surface area (Å²) in [6, 6.07) is 2.79. The molecule has 0 aliphatic carbocycles. The van der Waals surface area contributed by atoms with Crippen LogP contribution in [0.4, 0.5) is 13.2 Å². The fourth-order valence-electron chi connectivity index (χ4n) is 1.45. The maximum Gasteiger partial charge on any atom is 0.417 e. The molecule has 1 heterocycles. The molecule has 0 aromatic carbocycles. The second-order valence-electron chi connectivity index (χ2n) is 4.45. The molecule has 0 aliphatic rings. The van der Waals surface area contributed by atoms with E-state index in [-0.39, 0.29) is 11.3 Å². The molecule has 2 atom stereocenters. The van der Waals surface area contributed by atoms with Crippen LogP contribution in [-0.4, -0.2) is 22.8 Å². The van der Waals surface area contributed by atoms with E-state index in [9.17, 15) is 13.2 Å². The zero-order chi connectivity index (χ0) is 14.5. The number of halogens is 3. The van der Waals surface area contributed by atoms with Crippen LogP contribution in [0.1, 0.15) is 32.8 Å². The van der Waals surface area contributed by atoms with Gasteiger partial charge >= 0.3 is 6.18 Å². The van der Waals surface area contributed by atoms with Gasteiger partial charge in [0.25, 0.3) is 0 Å². The highest BCUT2D eigenvalue weighted by Gasteiger charge is 2.30. The van der Waals surface area contributed by atoms with Crippen molar-refractivity contribution in [1.29, 1.82) is 0 Å². The van der Waals surface area contributed by atoms with Crippen molar-refractivity contribution in [2.45, 2.75) is 49.7 Å². The third-order valence-corrected chi connectivity index (χ3v) is 4.05. The van der Waals surface area contributed by atoms with E-state index in [2.05, 4.69) is 24.1 Å². The normalized spacial score (nSPS) is 15.3. The summed E-state index contributed by atoms with van der Waals surface area (Å²) in [7, 11) is 0. The van der Waals surface area contributed by atoms with E-state index in [0.717, 1.165) is 25.2 Å². The van der Waals surface area contributed by atoms with Gasteiger partial charge in [0, 0.05) is 17.5 Å². The van der Waals surface area contributed by atoms with E-state index in [1.54, 1.807) is 0 Å². The summed E-state index contributed by atoms with van der Waals surface area (Å²) in [4.78, 5) is 3.86. The van der Waals surface area contributed by atoms with Gasteiger partial charge in [0.05, 0.1) is 10.6 Å². The van der Waals surface area contributed by atoms with Gasteiger partial charge in [0.1, 0.15) is 0 Å². The lowest BCUT2D eigenvalue weighted by atomic mass is 10.2. The molecule has 6 heteroatoms. The van der Waals surface area contributed by atoms with Crippen LogP contribution in [-0.2, 0) is 6.18 Å². The van der Waals surface area contributed by atoms with Crippen LogP contribution in [0.2, 0.25) is 0 Å². The Morgan fingerprint density at radius 1 is 1.32 bits per heavy atom. The van der Waals surface area contributed by atoms with E-state index in [0.29, 0.717) is 5.03 Å². The first-order valence-electron chi connectivity index (χ1n) is 6.28. The van der Waals surface area contributed by atoms with Crippen LogP contribution < -0.4 is 5.32 Å². The molecule has 1 N–H and O–H groups in total. The Labute approximate surface area is 116 Å². The summed E-state index contributed by atoms with van der Waals surface area (Å²) in [5, 5.41) is 4.22. The van der Waals surface area contributed by atoms with Crippen LogP contribution in [0.25, 0.3) is 0 Å². The second-order valence-corrected chi connectivity index (χ2v) is 5.85. The number of alkyl halides is 3. The summed E-state index contributed by atoms with van der Waals surface area (Å²) < 4.78 is 37.2. The first-order chi connectivity index (χ1) is 8.84. The molecule has 108 valence electrons. The van der Waals surface area contributed by atoms with Gasteiger partial charge in [-0.2, -0.15) is 13.2 Å². The minimum Gasteiger partial charge on any atom is -0.313 e. The van der Waals surface area contributed by atoms with E-state index in [1.165, 1.54) is 17.8 Å². The molecule has 2 unspecified atom stereocenters. The van der Waals surface area contributed by atoms with Gasteiger partial charge in [0.15, 0.2) is 0 Å². The van der Waals surface area contributed by atoms with Crippen molar-refractivity contribution < 1.29 is 13.2 Å². The summed E-state index contributed by atoms with van der Waals surface area (Å²) in [5.41, 5.74) is -0.707. The molecule has 19 heavy (non-hydrogen) atoms. The van der Waals surface area contributed by atoms with Gasteiger partial charge in [0.2, 0.25) is 0 Å². The molecule has 0 amide bonds. The lowest BCUT2D eigenvalue weighted by Crippen LogP contribution is -2.34. The molecule has 0 fully saturated rings. The smallest absolute Gasteiger partial charge is 0.313 e. The predicted octanol–water partition coefficient (Wildman–Crippen LogP) is 3.97. The van der Waals surface area contributed by atoms with Gasteiger partial charge < -0.3 is 5.32 Å². The fourth-order valence-corrected chi connectivity index (χ4v) is 2.39. The van der Waals surface area contributed by atoms with Crippen molar-refractivity contribution >= 4 is 11.8 Å². The van der Waals surface area contributed by atoms with Gasteiger partial charge in [-0.15, -0.1) is 11.8 Å². The zero-order valence-corrected chi connectivity index (χ0v) is 12.1. The van der Waals surface area contributed by atoms with Gasteiger partial charge in [-0.25, -0.2) is 4.98 Å². The topological polar surface area (TPSA) is 24.9 Å². The molecular weight excluding hydrogens is 273 g/mol. The number of nitrogens with one attached hydrogen (secondary N) is 1. The van der Waals surface area contributed by atoms with Crippen molar-refractivity contribution in [3.05, 3.63) is 23.9 Å². The molecule has 0 saturated heterocycles. The van der Waals surface area contributed by atoms with Crippen molar-refractivity contribution in [1.82, 2.24) is 10.3 Å². The molecule has 1 rings (SSSR count). The van der Waals surface area contributed by atoms with Crippen LogP contribution in [0.15, 0.2) is 23.4 Å². The van der Waals surface area contributed by atoms with Crippen molar-refractivity contribution in [2.75, 3.05) is 6.54 Å². The van der Waals surface area contributed by atoms with Crippen LogP contribution in [0.3, 0.4) is 0 Å².